The molecule has 0 bridgehead atoms. The molecule has 0 aliphatic heterocycles. The molecule has 120 valence electrons. The normalized spacial score (nSPS) is 16.4. The van der Waals surface area contributed by atoms with Crippen molar-refractivity contribution in [2.45, 2.75) is 37.7 Å². The molecule has 0 saturated carbocycles. The van der Waals surface area contributed by atoms with Crippen molar-refractivity contribution in [3.63, 3.8) is 0 Å². The van der Waals surface area contributed by atoms with E-state index < -0.39 is 41.2 Å². The van der Waals surface area contributed by atoms with Gasteiger partial charge in [0.2, 0.25) is 6.17 Å². The topological polar surface area (TPSA) is 3.24 Å². The highest BCUT2D eigenvalue weighted by molar-refractivity contribution is 5.10. The molecular formula is C8H6F11N. The Balaban J connectivity index is 5.86. The second kappa shape index (κ2) is 5.04. The summed E-state index contributed by atoms with van der Waals surface area (Å²) in [6.07, 6.45) is -18.7. The zero-order valence-corrected chi connectivity index (χ0v) is 9.39. The molecule has 0 amide bonds. The van der Waals surface area contributed by atoms with Crippen molar-refractivity contribution in [1.82, 2.24) is 4.90 Å². The van der Waals surface area contributed by atoms with Crippen LogP contribution >= 0.6 is 0 Å². The van der Waals surface area contributed by atoms with Crippen molar-refractivity contribution in [2.75, 3.05) is 0 Å². The van der Waals surface area contributed by atoms with Gasteiger partial charge in [0.1, 0.15) is 0 Å². The number of rotatable bonds is 4. The first-order chi connectivity index (χ1) is 8.46. The Morgan fingerprint density at radius 2 is 1.15 bits per heavy atom. The highest BCUT2D eigenvalue weighted by Gasteiger charge is 2.72. The van der Waals surface area contributed by atoms with Gasteiger partial charge in [-0.3, -0.25) is 0 Å². The summed E-state index contributed by atoms with van der Waals surface area (Å²) in [6.45, 7) is 2.61. The first-order valence-corrected chi connectivity index (χ1v) is 4.46. The first kappa shape index (κ1) is 18.9. The van der Waals surface area contributed by atoms with E-state index in [0.717, 1.165) is 0 Å². The smallest absolute Gasteiger partial charge is 0.232 e. The van der Waals surface area contributed by atoms with Crippen molar-refractivity contribution in [3.05, 3.63) is 12.2 Å². The summed E-state index contributed by atoms with van der Waals surface area (Å²) in [7, 11) is 0. The molecule has 0 aromatic carbocycles. The first-order valence-electron chi connectivity index (χ1n) is 4.46. The van der Waals surface area contributed by atoms with Crippen LogP contribution in [0, 0.1) is 0 Å². The third-order valence-corrected chi connectivity index (χ3v) is 2.00. The molecule has 0 heterocycles. The molecule has 0 spiro atoms. The third kappa shape index (κ3) is 3.52. The van der Waals surface area contributed by atoms with Crippen molar-refractivity contribution in [3.8, 4) is 0 Å². The highest BCUT2D eigenvalue weighted by atomic mass is 19.4. The van der Waals surface area contributed by atoms with E-state index in [0.29, 0.717) is 0 Å². The predicted octanol–water partition coefficient (Wildman–Crippen LogP) is 4.47. The lowest BCUT2D eigenvalue weighted by molar-refractivity contribution is -0.453. The van der Waals surface area contributed by atoms with Gasteiger partial charge in [0.25, 0.3) is 0 Å². The maximum absolute atomic E-state index is 12.9. The fourth-order valence-corrected chi connectivity index (χ4v) is 1.03. The van der Waals surface area contributed by atoms with Gasteiger partial charge in [-0.1, -0.05) is 11.5 Å². The molecule has 1 atom stereocenters. The van der Waals surface area contributed by atoms with Gasteiger partial charge in [-0.25, -0.2) is 4.39 Å². The quantitative estimate of drug-likeness (QED) is 0.419. The minimum absolute atomic E-state index is 0.272. The summed E-state index contributed by atoms with van der Waals surface area (Å²) in [5, 5.41) is 0. The van der Waals surface area contributed by atoms with E-state index >= 15 is 0 Å². The lowest BCUT2D eigenvalue weighted by Gasteiger charge is -2.37. The monoisotopic (exact) mass is 325 g/mol. The molecule has 1 nitrogen and oxygen atoms in total. The Morgan fingerprint density at radius 1 is 0.850 bits per heavy atom. The molecule has 20 heavy (non-hydrogen) atoms. The highest BCUT2D eigenvalue weighted by Crippen LogP contribution is 2.48. The Kier molecular flexibility index (Phi) is 4.77. The van der Waals surface area contributed by atoms with Gasteiger partial charge in [-0.2, -0.15) is 43.9 Å². The molecule has 0 N–H and O–H groups in total. The zero-order chi connectivity index (χ0) is 16.7. The number of halogens is 11. The molecule has 12 heteroatoms. The zero-order valence-electron chi connectivity index (χ0n) is 9.39. The molecule has 0 aliphatic rings. The molecule has 0 rings (SSSR count). The maximum atomic E-state index is 12.9. The van der Waals surface area contributed by atoms with Crippen LogP contribution in [-0.2, 0) is 0 Å². The second-order valence-electron chi connectivity index (χ2n) is 3.62. The van der Waals surface area contributed by atoms with E-state index in [2.05, 4.69) is 6.58 Å². The van der Waals surface area contributed by atoms with Crippen LogP contribution in [0.15, 0.2) is 12.2 Å². The average molecular weight is 325 g/mol. The van der Waals surface area contributed by atoms with Crippen molar-refractivity contribution in [1.29, 1.82) is 0 Å². The van der Waals surface area contributed by atoms with E-state index in [4.69, 9.17) is 0 Å². The van der Waals surface area contributed by atoms with Crippen molar-refractivity contribution < 1.29 is 48.3 Å². The Hall–Kier alpha value is -1.07. The minimum atomic E-state index is -6.82. The average Bonchev–Trinajstić information content (AvgIpc) is 2.10. The fourth-order valence-electron chi connectivity index (χ4n) is 1.03. The predicted molar refractivity (Wildman–Crippen MR) is 43.6 cm³/mol. The molecule has 0 fully saturated rings. The lowest BCUT2D eigenvalue weighted by atomic mass is 10.1. The summed E-state index contributed by atoms with van der Waals surface area (Å²) in [6, 6.07) is -6.58. The van der Waals surface area contributed by atoms with Crippen molar-refractivity contribution >= 4 is 0 Å². The van der Waals surface area contributed by atoms with Crippen LogP contribution in [0.5, 0.6) is 0 Å². The Morgan fingerprint density at radius 3 is 1.35 bits per heavy atom. The van der Waals surface area contributed by atoms with Crippen LogP contribution in [-0.4, -0.2) is 35.6 Å². The van der Waals surface area contributed by atoms with E-state index in [9.17, 15) is 48.3 Å². The van der Waals surface area contributed by atoms with Crippen LogP contribution in [0.4, 0.5) is 48.3 Å². The van der Waals surface area contributed by atoms with Gasteiger partial charge in [0, 0.05) is 0 Å². The molecule has 0 aliphatic carbocycles. The van der Waals surface area contributed by atoms with Gasteiger partial charge >= 0.3 is 24.6 Å². The number of alkyl halides is 11. The van der Waals surface area contributed by atoms with Gasteiger partial charge in [0.05, 0.1) is 0 Å². The summed E-state index contributed by atoms with van der Waals surface area (Å²) in [5.41, 5.74) is -1.66. The van der Waals surface area contributed by atoms with Gasteiger partial charge in [0.15, 0.2) is 0 Å². The SMILES string of the molecule is C=C(C)C(F)(F)C(F)C(F)(F)N(C(F)(F)F)C(F)(F)F. The number of hydrogen-bond donors (Lipinski definition) is 0. The molecule has 1 unspecified atom stereocenters. The third-order valence-electron chi connectivity index (χ3n) is 2.00. The van der Waals surface area contributed by atoms with Crippen molar-refractivity contribution in [2.24, 2.45) is 0 Å². The molecule has 0 radical (unpaired) electrons. The number of hydrogen-bond acceptors (Lipinski definition) is 1. The Labute approximate surface area is 104 Å². The minimum Gasteiger partial charge on any atom is -0.232 e. The summed E-state index contributed by atoms with van der Waals surface area (Å²) >= 11 is 0. The van der Waals surface area contributed by atoms with Gasteiger partial charge < -0.3 is 0 Å². The van der Waals surface area contributed by atoms with Crippen LogP contribution in [0.2, 0.25) is 0 Å². The second-order valence-corrected chi connectivity index (χ2v) is 3.62. The summed E-state index contributed by atoms with van der Waals surface area (Å²) in [5.74, 6) is -5.29. The molecular weight excluding hydrogens is 319 g/mol. The molecule has 0 saturated heterocycles. The van der Waals surface area contributed by atoms with Crippen LogP contribution < -0.4 is 0 Å². The van der Waals surface area contributed by atoms with E-state index in [1.54, 1.807) is 0 Å². The summed E-state index contributed by atoms with van der Waals surface area (Å²) in [4.78, 5) is -3.52. The van der Waals surface area contributed by atoms with E-state index in [1.807, 2.05) is 0 Å². The van der Waals surface area contributed by atoms with Gasteiger partial charge in [-0.15, -0.1) is 0 Å². The molecule has 0 aromatic heterocycles. The van der Waals surface area contributed by atoms with Crippen LogP contribution in [0.25, 0.3) is 0 Å². The maximum Gasteiger partial charge on any atom is 0.472 e. The lowest BCUT2D eigenvalue weighted by Crippen LogP contribution is -2.64. The van der Waals surface area contributed by atoms with Crippen LogP contribution in [0.1, 0.15) is 6.92 Å². The largest absolute Gasteiger partial charge is 0.472 e. The van der Waals surface area contributed by atoms with E-state index in [1.165, 1.54) is 0 Å². The fraction of sp³-hybridized carbons (Fsp3) is 0.750. The van der Waals surface area contributed by atoms with Gasteiger partial charge in [-0.05, 0) is 12.5 Å². The summed E-state index contributed by atoms with van der Waals surface area (Å²) < 4.78 is 136. The number of allylic oxidation sites excluding steroid dienone is 1. The standard InChI is InChI=1S/C8H6F11N/c1-3(2)5(10,11)4(9)6(12,13)20(7(14,15)16)8(17,18)19/h4H,1H2,2H3. The number of nitrogens with zero attached hydrogens (tertiary/aromatic N) is 1. The van der Waals surface area contributed by atoms with Crippen LogP contribution in [0.3, 0.4) is 0 Å². The molecule has 0 aromatic rings. The Bertz CT molecular complexity index is 352. The van der Waals surface area contributed by atoms with E-state index in [-0.39, 0.29) is 6.92 Å².